The Labute approximate surface area is 133 Å². The summed E-state index contributed by atoms with van der Waals surface area (Å²) in [5, 5.41) is 14.3. The Bertz CT molecular complexity index is 471. The van der Waals surface area contributed by atoms with Crippen LogP contribution in [0.3, 0.4) is 0 Å². The molecule has 0 aliphatic heterocycles. The molecular weight excluding hydrogens is 367 g/mol. The third-order valence-electron chi connectivity index (χ3n) is 4.28. The van der Waals surface area contributed by atoms with Crippen LogP contribution in [0.15, 0.2) is 18.2 Å². The molecule has 4 nitrogen and oxygen atoms in total. The molecule has 0 heterocycles. The molecule has 1 aromatic rings. The van der Waals surface area contributed by atoms with Crippen LogP contribution in [0.2, 0.25) is 0 Å². The van der Waals surface area contributed by atoms with Crippen LogP contribution < -0.4 is 5.32 Å². The van der Waals surface area contributed by atoms with Crippen LogP contribution in [0.1, 0.15) is 39.0 Å². The van der Waals surface area contributed by atoms with E-state index in [9.17, 15) is 10.1 Å². The summed E-state index contributed by atoms with van der Waals surface area (Å²) in [4.78, 5) is 10.8. The van der Waals surface area contributed by atoms with Gasteiger partial charge in [-0.25, -0.2) is 0 Å². The SMILES string of the molecule is CCC1CCC(CNc2ccc(I)cc2[N+](=O)[O-])CC1. The van der Waals surface area contributed by atoms with E-state index >= 15 is 0 Å². The van der Waals surface area contributed by atoms with Gasteiger partial charge in [0.25, 0.3) is 5.69 Å². The van der Waals surface area contributed by atoms with Gasteiger partial charge >= 0.3 is 0 Å². The van der Waals surface area contributed by atoms with Gasteiger partial charge in [-0.2, -0.15) is 0 Å². The summed E-state index contributed by atoms with van der Waals surface area (Å²) in [7, 11) is 0. The zero-order chi connectivity index (χ0) is 14.5. The first kappa shape index (κ1) is 15.5. The fraction of sp³-hybridized carbons (Fsp3) is 0.600. The van der Waals surface area contributed by atoms with Crippen LogP contribution >= 0.6 is 22.6 Å². The highest BCUT2D eigenvalue weighted by Crippen LogP contribution is 2.32. The van der Waals surface area contributed by atoms with Crippen molar-refractivity contribution in [3.8, 4) is 0 Å². The molecule has 1 saturated carbocycles. The number of rotatable bonds is 5. The average molecular weight is 388 g/mol. The third-order valence-corrected chi connectivity index (χ3v) is 4.95. The fourth-order valence-corrected chi connectivity index (χ4v) is 3.38. The van der Waals surface area contributed by atoms with Gasteiger partial charge in [0, 0.05) is 16.2 Å². The van der Waals surface area contributed by atoms with Crippen LogP contribution in [-0.4, -0.2) is 11.5 Å². The predicted octanol–water partition coefficient (Wildman–Crippen LogP) is 4.83. The van der Waals surface area contributed by atoms with Gasteiger partial charge in [-0.05, 0) is 59.4 Å². The molecule has 20 heavy (non-hydrogen) atoms. The van der Waals surface area contributed by atoms with Crippen LogP contribution in [0.4, 0.5) is 11.4 Å². The van der Waals surface area contributed by atoms with Crippen molar-refractivity contribution in [1.82, 2.24) is 0 Å². The Morgan fingerprint density at radius 2 is 1.95 bits per heavy atom. The number of nitro benzene ring substituents is 1. The molecule has 2 rings (SSSR count). The van der Waals surface area contributed by atoms with E-state index in [1.54, 1.807) is 6.07 Å². The number of nitrogens with zero attached hydrogens (tertiary/aromatic N) is 1. The molecule has 0 saturated heterocycles. The van der Waals surface area contributed by atoms with E-state index in [0.717, 1.165) is 16.0 Å². The highest BCUT2D eigenvalue weighted by Gasteiger charge is 2.21. The molecule has 1 aliphatic rings. The van der Waals surface area contributed by atoms with E-state index in [1.807, 2.05) is 12.1 Å². The van der Waals surface area contributed by atoms with E-state index in [1.165, 1.54) is 32.1 Å². The van der Waals surface area contributed by atoms with Gasteiger partial charge in [-0.15, -0.1) is 0 Å². The van der Waals surface area contributed by atoms with Crippen LogP contribution in [0.25, 0.3) is 0 Å². The molecule has 0 amide bonds. The minimum atomic E-state index is -0.307. The molecular formula is C15H21IN2O2. The van der Waals surface area contributed by atoms with Gasteiger partial charge < -0.3 is 5.32 Å². The summed E-state index contributed by atoms with van der Waals surface area (Å²) in [5.41, 5.74) is 0.826. The molecule has 5 heteroatoms. The lowest BCUT2D eigenvalue weighted by Crippen LogP contribution is -2.21. The lowest BCUT2D eigenvalue weighted by Gasteiger charge is -2.28. The van der Waals surface area contributed by atoms with Crippen LogP contribution in [0, 0.1) is 25.5 Å². The lowest BCUT2D eigenvalue weighted by molar-refractivity contribution is -0.384. The summed E-state index contributed by atoms with van der Waals surface area (Å²) in [6.45, 7) is 3.11. The summed E-state index contributed by atoms with van der Waals surface area (Å²) in [6.07, 6.45) is 6.37. The largest absolute Gasteiger partial charge is 0.379 e. The smallest absolute Gasteiger partial charge is 0.293 e. The monoisotopic (exact) mass is 388 g/mol. The second-order valence-corrected chi connectivity index (χ2v) is 6.84. The highest BCUT2D eigenvalue weighted by molar-refractivity contribution is 14.1. The van der Waals surface area contributed by atoms with Gasteiger partial charge in [-0.1, -0.05) is 26.2 Å². The maximum Gasteiger partial charge on any atom is 0.293 e. The highest BCUT2D eigenvalue weighted by atomic mass is 127. The van der Waals surface area contributed by atoms with Gasteiger partial charge in [0.2, 0.25) is 0 Å². The zero-order valence-corrected chi connectivity index (χ0v) is 13.9. The molecule has 0 radical (unpaired) electrons. The molecule has 110 valence electrons. The molecule has 1 aliphatic carbocycles. The van der Waals surface area contributed by atoms with Crippen molar-refractivity contribution in [2.75, 3.05) is 11.9 Å². The van der Waals surface area contributed by atoms with Crippen LogP contribution in [0.5, 0.6) is 0 Å². The zero-order valence-electron chi connectivity index (χ0n) is 11.8. The number of nitro groups is 1. The second kappa shape index (κ2) is 7.24. The number of hydrogen-bond acceptors (Lipinski definition) is 3. The first-order chi connectivity index (χ1) is 9.60. The van der Waals surface area contributed by atoms with E-state index in [-0.39, 0.29) is 10.6 Å². The van der Waals surface area contributed by atoms with Crippen molar-refractivity contribution in [2.24, 2.45) is 11.8 Å². The van der Waals surface area contributed by atoms with Crippen molar-refractivity contribution in [3.05, 3.63) is 31.9 Å². The first-order valence-electron chi connectivity index (χ1n) is 7.28. The molecule has 0 bridgehead atoms. The molecule has 0 aromatic heterocycles. The number of benzene rings is 1. The van der Waals surface area contributed by atoms with E-state index < -0.39 is 0 Å². The lowest BCUT2D eigenvalue weighted by atomic mass is 9.81. The minimum absolute atomic E-state index is 0.180. The van der Waals surface area contributed by atoms with Crippen molar-refractivity contribution >= 4 is 34.0 Å². The molecule has 0 spiro atoms. The summed E-state index contributed by atoms with van der Waals surface area (Å²) in [6, 6.07) is 5.35. The Morgan fingerprint density at radius 3 is 2.55 bits per heavy atom. The normalized spacial score (nSPS) is 22.5. The Hall–Kier alpha value is -0.850. The molecule has 1 N–H and O–H groups in total. The maximum absolute atomic E-state index is 11.1. The standard InChI is InChI=1S/C15H21IN2O2/c1-2-11-3-5-12(6-4-11)10-17-14-8-7-13(16)9-15(14)18(19)20/h7-9,11-12,17H,2-6,10H2,1H3. The fourth-order valence-electron chi connectivity index (χ4n) is 2.90. The van der Waals surface area contributed by atoms with Crippen LogP contribution in [-0.2, 0) is 0 Å². The predicted molar refractivity (Wildman–Crippen MR) is 90.0 cm³/mol. The second-order valence-electron chi connectivity index (χ2n) is 5.59. The van der Waals surface area contributed by atoms with Crippen molar-refractivity contribution in [1.29, 1.82) is 0 Å². The molecule has 0 unspecified atom stereocenters. The average Bonchev–Trinajstić information content (AvgIpc) is 2.46. The van der Waals surface area contributed by atoms with E-state index in [4.69, 9.17) is 0 Å². The van der Waals surface area contributed by atoms with Gasteiger partial charge in [0.05, 0.1) is 4.92 Å². The van der Waals surface area contributed by atoms with Crippen molar-refractivity contribution in [3.63, 3.8) is 0 Å². The Morgan fingerprint density at radius 1 is 1.30 bits per heavy atom. The van der Waals surface area contributed by atoms with Gasteiger partial charge in [0.15, 0.2) is 0 Å². The number of halogens is 1. The van der Waals surface area contributed by atoms with E-state index in [0.29, 0.717) is 11.6 Å². The van der Waals surface area contributed by atoms with E-state index in [2.05, 4.69) is 34.8 Å². The number of nitrogens with one attached hydrogen (secondary N) is 1. The summed E-state index contributed by atoms with van der Waals surface area (Å²) >= 11 is 2.10. The van der Waals surface area contributed by atoms with Crippen molar-refractivity contribution in [2.45, 2.75) is 39.0 Å². The summed E-state index contributed by atoms with van der Waals surface area (Å²) < 4.78 is 0.892. The maximum atomic E-state index is 11.1. The molecule has 0 atom stereocenters. The Kier molecular flexibility index (Phi) is 5.63. The quantitative estimate of drug-likeness (QED) is 0.447. The Balaban J connectivity index is 1.93. The number of hydrogen-bond donors (Lipinski definition) is 1. The third kappa shape index (κ3) is 4.07. The first-order valence-corrected chi connectivity index (χ1v) is 8.35. The number of anilines is 1. The molecule has 1 aromatic carbocycles. The van der Waals surface area contributed by atoms with Gasteiger partial charge in [-0.3, -0.25) is 10.1 Å². The van der Waals surface area contributed by atoms with Crippen molar-refractivity contribution < 1.29 is 4.92 Å². The minimum Gasteiger partial charge on any atom is -0.379 e. The summed E-state index contributed by atoms with van der Waals surface area (Å²) in [5.74, 6) is 1.54. The molecule has 1 fully saturated rings. The topological polar surface area (TPSA) is 55.2 Å². The van der Waals surface area contributed by atoms with Gasteiger partial charge in [0.1, 0.15) is 5.69 Å².